The summed E-state index contributed by atoms with van der Waals surface area (Å²) >= 11 is 5.63. The predicted octanol–water partition coefficient (Wildman–Crippen LogP) is 1.87. The van der Waals surface area contributed by atoms with Crippen LogP contribution in [0.15, 0.2) is 12.3 Å². The Balaban J connectivity index is 2.98. The molecule has 0 aromatic carbocycles. The van der Waals surface area contributed by atoms with Gasteiger partial charge in [-0.2, -0.15) is 0 Å². The third-order valence-electron chi connectivity index (χ3n) is 3.23. The highest BCUT2D eigenvalue weighted by molar-refractivity contribution is 6.29. The van der Waals surface area contributed by atoms with Gasteiger partial charge < -0.3 is 10.4 Å². The van der Waals surface area contributed by atoms with E-state index in [0.717, 1.165) is 12.3 Å². The molecule has 8 nitrogen and oxygen atoms in total. The van der Waals surface area contributed by atoms with Crippen molar-refractivity contribution in [2.45, 2.75) is 20.3 Å². The summed E-state index contributed by atoms with van der Waals surface area (Å²) in [5, 5.41) is 22.3. The number of carboxylic acid groups (broad SMARTS) is 1. The quantitative estimate of drug-likeness (QED) is 0.469. The highest BCUT2D eigenvalue weighted by atomic mass is 35.5. The zero-order valence-electron chi connectivity index (χ0n) is 11.4. The van der Waals surface area contributed by atoms with Crippen LogP contribution in [0, 0.1) is 15.5 Å². The summed E-state index contributed by atoms with van der Waals surface area (Å²) in [5.41, 5.74) is -1.91. The number of aliphatic carboxylic acids is 1. The molecule has 21 heavy (non-hydrogen) atoms. The monoisotopic (exact) mass is 315 g/mol. The molecule has 0 aliphatic carbocycles. The van der Waals surface area contributed by atoms with Crippen molar-refractivity contribution in [1.82, 2.24) is 10.3 Å². The van der Waals surface area contributed by atoms with E-state index in [2.05, 4.69) is 10.3 Å². The lowest BCUT2D eigenvalue weighted by molar-refractivity contribution is -0.385. The summed E-state index contributed by atoms with van der Waals surface area (Å²) < 4.78 is 0. The predicted molar refractivity (Wildman–Crippen MR) is 74.3 cm³/mol. The van der Waals surface area contributed by atoms with Crippen molar-refractivity contribution in [2.24, 2.45) is 5.41 Å². The number of nitro groups is 1. The maximum absolute atomic E-state index is 12.0. The molecule has 0 saturated heterocycles. The van der Waals surface area contributed by atoms with E-state index in [9.17, 15) is 19.7 Å². The molecule has 1 aromatic rings. The first-order chi connectivity index (χ1) is 9.71. The van der Waals surface area contributed by atoms with Crippen LogP contribution < -0.4 is 5.32 Å². The second kappa shape index (κ2) is 6.49. The lowest BCUT2D eigenvalue weighted by atomic mass is 9.87. The molecule has 0 spiro atoms. The van der Waals surface area contributed by atoms with Crippen LogP contribution in [0.25, 0.3) is 0 Å². The van der Waals surface area contributed by atoms with Gasteiger partial charge in [0.25, 0.3) is 11.6 Å². The van der Waals surface area contributed by atoms with E-state index in [1.807, 2.05) is 0 Å². The van der Waals surface area contributed by atoms with Crippen LogP contribution >= 0.6 is 11.6 Å². The number of nitrogens with one attached hydrogen (secondary N) is 1. The average molecular weight is 316 g/mol. The number of carboxylic acids is 1. The maximum Gasteiger partial charge on any atom is 0.311 e. The molecule has 1 amide bonds. The molecule has 0 saturated carbocycles. The number of amides is 1. The van der Waals surface area contributed by atoms with Crippen LogP contribution in [-0.4, -0.2) is 33.4 Å². The van der Waals surface area contributed by atoms with Crippen molar-refractivity contribution in [3.8, 4) is 0 Å². The first-order valence-electron chi connectivity index (χ1n) is 6.03. The number of carbonyl (C=O) groups excluding carboxylic acids is 1. The number of nitrogens with zero attached hydrogens (tertiary/aromatic N) is 2. The molecule has 0 aliphatic rings. The number of halogens is 1. The minimum atomic E-state index is -1.15. The molecule has 9 heteroatoms. The van der Waals surface area contributed by atoms with E-state index >= 15 is 0 Å². The Morgan fingerprint density at radius 1 is 1.57 bits per heavy atom. The fraction of sp³-hybridized carbons (Fsp3) is 0.417. The van der Waals surface area contributed by atoms with E-state index in [1.165, 1.54) is 6.92 Å². The van der Waals surface area contributed by atoms with E-state index in [-0.39, 0.29) is 17.3 Å². The minimum Gasteiger partial charge on any atom is -0.481 e. The van der Waals surface area contributed by atoms with Crippen LogP contribution in [0.5, 0.6) is 0 Å². The van der Waals surface area contributed by atoms with E-state index in [0.29, 0.717) is 6.42 Å². The van der Waals surface area contributed by atoms with Gasteiger partial charge in [-0.25, -0.2) is 4.98 Å². The van der Waals surface area contributed by atoms with Gasteiger partial charge in [0.1, 0.15) is 16.9 Å². The van der Waals surface area contributed by atoms with Gasteiger partial charge in [-0.15, -0.1) is 0 Å². The Kier molecular flexibility index (Phi) is 5.20. The number of pyridine rings is 1. The Bertz CT molecular complexity index is 592. The summed E-state index contributed by atoms with van der Waals surface area (Å²) in [6.45, 7) is 2.99. The van der Waals surface area contributed by atoms with E-state index in [4.69, 9.17) is 16.7 Å². The SMILES string of the molecule is CCC(C)(CNC(=O)c1cc(Cl)ncc1[N+](=O)[O-])C(=O)O. The van der Waals surface area contributed by atoms with Crippen LogP contribution in [0.4, 0.5) is 5.69 Å². The highest BCUT2D eigenvalue weighted by Gasteiger charge is 2.32. The molecule has 0 fully saturated rings. The first kappa shape index (κ1) is 16.8. The standard InChI is InChI=1S/C12H14ClN3O5/c1-3-12(2,11(18)19)6-15-10(17)7-4-9(13)14-5-8(7)16(20)21/h4-5H,3,6H2,1-2H3,(H,15,17)(H,18,19). The first-order valence-corrected chi connectivity index (χ1v) is 6.40. The van der Waals surface area contributed by atoms with Crippen molar-refractivity contribution in [3.05, 3.63) is 33.1 Å². The lowest BCUT2D eigenvalue weighted by Gasteiger charge is -2.23. The topological polar surface area (TPSA) is 122 Å². The largest absolute Gasteiger partial charge is 0.481 e. The van der Waals surface area contributed by atoms with Gasteiger partial charge in [-0.1, -0.05) is 18.5 Å². The summed E-state index contributed by atoms with van der Waals surface area (Å²) in [4.78, 5) is 36.8. The highest BCUT2D eigenvalue weighted by Crippen LogP contribution is 2.22. The fourth-order valence-electron chi connectivity index (χ4n) is 1.47. The molecule has 1 heterocycles. The minimum absolute atomic E-state index is 0.0674. The Morgan fingerprint density at radius 3 is 2.67 bits per heavy atom. The van der Waals surface area contributed by atoms with Crippen molar-refractivity contribution >= 4 is 29.2 Å². The van der Waals surface area contributed by atoms with Crippen molar-refractivity contribution in [2.75, 3.05) is 6.54 Å². The molecule has 0 radical (unpaired) electrons. The van der Waals surface area contributed by atoms with Gasteiger partial charge >= 0.3 is 5.97 Å². The second-order valence-corrected chi connectivity index (χ2v) is 5.07. The number of rotatable bonds is 6. The molecular formula is C12H14ClN3O5. The Morgan fingerprint density at radius 2 is 2.19 bits per heavy atom. The summed E-state index contributed by atoms with van der Waals surface area (Å²) in [7, 11) is 0. The smallest absolute Gasteiger partial charge is 0.311 e. The number of carbonyl (C=O) groups is 2. The van der Waals surface area contributed by atoms with Crippen LogP contribution in [0.2, 0.25) is 5.15 Å². The Hall–Kier alpha value is -2.22. The Labute approximate surface area is 125 Å². The molecule has 1 atom stereocenters. The molecule has 2 N–H and O–H groups in total. The van der Waals surface area contributed by atoms with Crippen molar-refractivity contribution in [1.29, 1.82) is 0 Å². The van der Waals surface area contributed by atoms with Gasteiger partial charge in [0.2, 0.25) is 0 Å². The molecule has 1 aromatic heterocycles. The van der Waals surface area contributed by atoms with Crippen LogP contribution in [-0.2, 0) is 4.79 Å². The van der Waals surface area contributed by atoms with Gasteiger partial charge in [0.05, 0.1) is 10.3 Å². The van der Waals surface area contributed by atoms with E-state index < -0.39 is 27.9 Å². The number of aromatic nitrogens is 1. The normalized spacial score (nSPS) is 13.3. The lowest BCUT2D eigenvalue weighted by Crippen LogP contribution is -2.40. The van der Waals surface area contributed by atoms with Gasteiger partial charge in [0.15, 0.2) is 0 Å². The zero-order chi connectivity index (χ0) is 16.2. The average Bonchev–Trinajstić information content (AvgIpc) is 2.43. The summed E-state index contributed by atoms with van der Waals surface area (Å²) in [6, 6.07) is 1.07. The molecule has 1 rings (SSSR count). The third-order valence-corrected chi connectivity index (χ3v) is 3.43. The third kappa shape index (κ3) is 3.88. The van der Waals surface area contributed by atoms with Gasteiger partial charge in [0, 0.05) is 6.54 Å². The zero-order valence-corrected chi connectivity index (χ0v) is 12.2. The fourth-order valence-corrected chi connectivity index (χ4v) is 1.63. The summed E-state index contributed by atoms with van der Waals surface area (Å²) in [5.74, 6) is -1.83. The van der Waals surface area contributed by atoms with Gasteiger partial charge in [-0.3, -0.25) is 19.7 Å². The molecule has 0 aliphatic heterocycles. The number of hydrogen-bond donors (Lipinski definition) is 2. The molecule has 0 bridgehead atoms. The van der Waals surface area contributed by atoms with E-state index in [1.54, 1.807) is 6.92 Å². The van der Waals surface area contributed by atoms with Crippen molar-refractivity contribution < 1.29 is 19.6 Å². The molecule has 114 valence electrons. The van der Waals surface area contributed by atoms with Crippen LogP contribution in [0.1, 0.15) is 30.6 Å². The maximum atomic E-state index is 12.0. The molecule has 1 unspecified atom stereocenters. The second-order valence-electron chi connectivity index (χ2n) is 4.68. The summed E-state index contributed by atoms with van der Waals surface area (Å²) in [6.07, 6.45) is 1.18. The molecular weight excluding hydrogens is 302 g/mol. The number of hydrogen-bond acceptors (Lipinski definition) is 5. The van der Waals surface area contributed by atoms with Crippen molar-refractivity contribution in [3.63, 3.8) is 0 Å². The van der Waals surface area contributed by atoms with Gasteiger partial charge in [-0.05, 0) is 19.4 Å². The van der Waals surface area contributed by atoms with Crippen LogP contribution in [0.3, 0.4) is 0 Å².